The molecule has 1 atom stereocenters. The Morgan fingerprint density at radius 2 is 2.32 bits per heavy atom. The van der Waals surface area contributed by atoms with E-state index in [4.69, 9.17) is 0 Å². The number of nitrogens with one attached hydrogen (secondary N) is 1. The van der Waals surface area contributed by atoms with E-state index >= 15 is 0 Å². The molecule has 3 heterocycles. The van der Waals surface area contributed by atoms with Crippen LogP contribution in [0.4, 0.5) is 0 Å². The van der Waals surface area contributed by atoms with Gasteiger partial charge in [-0.25, -0.2) is 4.98 Å². The number of nitrogens with zero attached hydrogens (tertiary/aromatic N) is 3. The lowest BCUT2D eigenvalue weighted by atomic mass is 10.1. The summed E-state index contributed by atoms with van der Waals surface area (Å²) in [6.45, 7) is 1.29. The van der Waals surface area contributed by atoms with Crippen LogP contribution in [-0.2, 0) is 7.05 Å². The minimum atomic E-state index is -0.192. The molecule has 22 heavy (non-hydrogen) atoms. The van der Waals surface area contributed by atoms with Gasteiger partial charge in [0.1, 0.15) is 0 Å². The minimum absolute atomic E-state index is 0.0261. The number of piperidine rings is 1. The summed E-state index contributed by atoms with van der Waals surface area (Å²) >= 11 is 1.45. The SMILES string of the molecule is Cn1ccnc1C(=O)NC1CCCN(C(=O)c2cccs2)C1. The standard InChI is InChI=1S/C15H18N4O2S/c1-18-8-6-16-13(18)14(20)17-11-4-2-7-19(10-11)15(21)12-5-3-9-22-12/h3,5-6,8-9,11H,2,4,7,10H2,1H3,(H,17,20). The van der Waals surface area contributed by atoms with Crippen LogP contribution in [0.25, 0.3) is 0 Å². The number of hydrogen-bond donors (Lipinski definition) is 1. The number of aromatic nitrogens is 2. The van der Waals surface area contributed by atoms with Crippen molar-refractivity contribution in [1.82, 2.24) is 19.8 Å². The first kappa shape index (κ1) is 14.8. The molecule has 0 aromatic carbocycles. The predicted octanol–water partition coefficient (Wildman–Crippen LogP) is 1.52. The highest BCUT2D eigenvalue weighted by molar-refractivity contribution is 7.12. The summed E-state index contributed by atoms with van der Waals surface area (Å²) in [6.07, 6.45) is 5.11. The van der Waals surface area contributed by atoms with Crippen LogP contribution in [0.15, 0.2) is 29.9 Å². The zero-order chi connectivity index (χ0) is 15.5. The zero-order valence-electron chi connectivity index (χ0n) is 12.4. The Kier molecular flexibility index (Phi) is 4.24. The van der Waals surface area contributed by atoms with Crippen molar-refractivity contribution in [2.24, 2.45) is 7.05 Å². The summed E-state index contributed by atoms with van der Waals surface area (Å²) in [5, 5.41) is 4.88. The van der Waals surface area contributed by atoms with Gasteiger partial charge in [-0.05, 0) is 24.3 Å². The van der Waals surface area contributed by atoms with E-state index < -0.39 is 0 Å². The molecule has 1 aliphatic rings. The molecule has 2 amide bonds. The zero-order valence-corrected chi connectivity index (χ0v) is 13.2. The monoisotopic (exact) mass is 318 g/mol. The van der Waals surface area contributed by atoms with Crippen molar-refractivity contribution >= 4 is 23.2 Å². The van der Waals surface area contributed by atoms with E-state index in [0.717, 1.165) is 24.3 Å². The van der Waals surface area contributed by atoms with Crippen LogP contribution in [0.3, 0.4) is 0 Å². The number of amides is 2. The molecule has 3 rings (SSSR count). The predicted molar refractivity (Wildman–Crippen MR) is 83.9 cm³/mol. The van der Waals surface area contributed by atoms with Crippen molar-refractivity contribution in [3.05, 3.63) is 40.6 Å². The molecule has 0 bridgehead atoms. The number of carbonyl (C=O) groups is 2. The number of carbonyl (C=O) groups excluding carboxylic acids is 2. The highest BCUT2D eigenvalue weighted by Crippen LogP contribution is 2.17. The van der Waals surface area contributed by atoms with Gasteiger partial charge in [-0.15, -0.1) is 11.3 Å². The molecule has 1 N–H and O–H groups in total. The van der Waals surface area contributed by atoms with E-state index in [1.807, 2.05) is 22.4 Å². The van der Waals surface area contributed by atoms with Gasteiger partial charge in [-0.1, -0.05) is 6.07 Å². The third-order valence-corrected chi connectivity index (χ3v) is 4.66. The first-order valence-corrected chi connectivity index (χ1v) is 8.14. The average Bonchev–Trinajstić information content (AvgIpc) is 3.18. The largest absolute Gasteiger partial charge is 0.345 e. The fourth-order valence-corrected chi connectivity index (χ4v) is 3.36. The third kappa shape index (κ3) is 3.04. The highest BCUT2D eigenvalue weighted by Gasteiger charge is 2.26. The van der Waals surface area contributed by atoms with E-state index in [2.05, 4.69) is 10.3 Å². The van der Waals surface area contributed by atoms with Crippen LogP contribution in [0.5, 0.6) is 0 Å². The van der Waals surface area contributed by atoms with Crippen LogP contribution in [0.1, 0.15) is 33.1 Å². The summed E-state index contributed by atoms with van der Waals surface area (Å²) in [7, 11) is 1.79. The summed E-state index contributed by atoms with van der Waals surface area (Å²) in [5.41, 5.74) is 0. The Labute approximate surface area is 132 Å². The number of imidazole rings is 1. The minimum Gasteiger partial charge on any atom is -0.345 e. The van der Waals surface area contributed by atoms with Gasteiger partial charge in [-0.3, -0.25) is 9.59 Å². The van der Waals surface area contributed by atoms with Crippen molar-refractivity contribution in [1.29, 1.82) is 0 Å². The van der Waals surface area contributed by atoms with Crippen LogP contribution in [-0.4, -0.2) is 45.4 Å². The van der Waals surface area contributed by atoms with Crippen LogP contribution in [0, 0.1) is 0 Å². The van der Waals surface area contributed by atoms with Gasteiger partial charge in [0, 0.05) is 38.6 Å². The molecule has 1 aliphatic heterocycles. The van der Waals surface area contributed by atoms with Crippen molar-refractivity contribution in [2.45, 2.75) is 18.9 Å². The van der Waals surface area contributed by atoms with E-state index in [1.54, 1.807) is 24.0 Å². The van der Waals surface area contributed by atoms with E-state index in [-0.39, 0.29) is 17.9 Å². The van der Waals surface area contributed by atoms with Gasteiger partial charge in [-0.2, -0.15) is 0 Å². The molecule has 116 valence electrons. The first-order chi connectivity index (χ1) is 10.6. The van der Waals surface area contributed by atoms with E-state index in [1.165, 1.54) is 11.3 Å². The lowest BCUT2D eigenvalue weighted by Crippen LogP contribution is -2.49. The van der Waals surface area contributed by atoms with Crippen molar-refractivity contribution in [3.63, 3.8) is 0 Å². The lowest BCUT2D eigenvalue weighted by molar-refractivity contribution is 0.0678. The number of rotatable bonds is 3. The number of hydrogen-bond acceptors (Lipinski definition) is 4. The summed E-state index contributed by atoms with van der Waals surface area (Å²) < 4.78 is 1.69. The normalized spacial score (nSPS) is 18.2. The third-order valence-electron chi connectivity index (χ3n) is 3.80. The van der Waals surface area contributed by atoms with Gasteiger partial charge >= 0.3 is 0 Å². The Morgan fingerprint density at radius 1 is 1.45 bits per heavy atom. The van der Waals surface area contributed by atoms with Crippen LogP contribution >= 0.6 is 11.3 Å². The van der Waals surface area contributed by atoms with Gasteiger partial charge in [0.15, 0.2) is 5.82 Å². The Bertz CT molecular complexity index is 665. The second-order valence-corrected chi connectivity index (χ2v) is 6.35. The maximum atomic E-state index is 12.4. The molecule has 1 fully saturated rings. The number of likely N-dealkylation sites (tertiary alicyclic amines) is 1. The molecule has 6 nitrogen and oxygen atoms in total. The average molecular weight is 318 g/mol. The summed E-state index contributed by atoms with van der Waals surface area (Å²) in [6, 6.07) is 3.69. The van der Waals surface area contributed by atoms with E-state index in [9.17, 15) is 9.59 Å². The Hall–Kier alpha value is -2.15. The van der Waals surface area contributed by atoms with Gasteiger partial charge in [0.05, 0.1) is 4.88 Å². The van der Waals surface area contributed by atoms with E-state index in [0.29, 0.717) is 12.4 Å². The van der Waals surface area contributed by atoms with Crippen LogP contribution < -0.4 is 5.32 Å². The number of thiophene rings is 1. The molecule has 1 unspecified atom stereocenters. The van der Waals surface area contributed by atoms with Gasteiger partial charge in [0.25, 0.3) is 11.8 Å². The Balaban J connectivity index is 1.62. The van der Waals surface area contributed by atoms with Crippen molar-refractivity contribution in [3.8, 4) is 0 Å². The fourth-order valence-electron chi connectivity index (χ4n) is 2.67. The number of aryl methyl sites for hydroxylation is 1. The van der Waals surface area contributed by atoms with Crippen molar-refractivity contribution in [2.75, 3.05) is 13.1 Å². The molecule has 0 spiro atoms. The topological polar surface area (TPSA) is 67.2 Å². The second kappa shape index (κ2) is 6.31. The van der Waals surface area contributed by atoms with Crippen molar-refractivity contribution < 1.29 is 9.59 Å². The molecular formula is C15H18N4O2S. The second-order valence-electron chi connectivity index (χ2n) is 5.40. The molecule has 2 aromatic heterocycles. The molecule has 1 saturated heterocycles. The molecular weight excluding hydrogens is 300 g/mol. The smallest absolute Gasteiger partial charge is 0.287 e. The molecule has 7 heteroatoms. The molecule has 0 saturated carbocycles. The summed E-state index contributed by atoms with van der Waals surface area (Å²) in [5.74, 6) is 0.246. The molecule has 0 radical (unpaired) electrons. The van der Waals surface area contributed by atoms with Gasteiger partial charge in [0.2, 0.25) is 0 Å². The quantitative estimate of drug-likeness (QED) is 0.933. The Morgan fingerprint density at radius 3 is 3.00 bits per heavy atom. The summed E-state index contributed by atoms with van der Waals surface area (Å²) in [4.78, 5) is 31.2. The maximum absolute atomic E-state index is 12.4. The maximum Gasteiger partial charge on any atom is 0.287 e. The molecule has 0 aliphatic carbocycles. The lowest BCUT2D eigenvalue weighted by Gasteiger charge is -2.32. The first-order valence-electron chi connectivity index (χ1n) is 7.26. The molecule has 2 aromatic rings. The fraction of sp³-hybridized carbons (Fsp3) is 0.400. The highest BCUT2D eigenvalue weighted by atomic mass is 32.1. The van der Waals surface area contributed by atoms with Gasteiger partial charge < -0.3 is 14.8 Å². The van der Waals surface area contributed by atoms with Crippen LogP contribution in [0.2, 0.25) is 0 Å².